The highest BCUT2D eigenvalue weighted by molar-refractivity contribution is 5.68. The number of hydrogen-bond acceptors (Lipinski definition) is 2. The topological polar surface area (TPSA) is 40.5 Å². The number of para-hydroxylation sites is 1. The number of aliphatic carboxylic acids is 1. The van der Waals surface area contributed by atoms with Crippen molar-refractivity contribution in [1.82, 2.24) is 0 Å². The predicted molar refractivity (Wildman–Crippen MR) is 64.0 cm³/mol. The van der Waals surface area contributed by atoms with Gasteiger partial charge in [0, 0.05) is 25.7 Å². The molecule has 1 heterocycles. The number of anilines is 1. The Labute approximate surface area is 95.7 Å². The lowest BCUT2D eigenvalue weighted by Gasteiger charge is -2.29. The fraction of sp³-hybridized carbons (Fsp3) is 0.462. The van der Waals surface area contributed by atoms with Crippen LogP contribution < -0.4 is 4.90 Å². The summed E-state index contributed by atoms with van der Waals surface area (Å²) in [5.41, 5.74) is 3.79. The van der Waals surface area contributed by atoms with Crippen LogP contribution in [0.1, 0.15) is 24.0 Å². The Morgan fingerprint density at radius 2 is 2.31 bits per heavy atom. The summed E-state index contributed by atoms with van der Waals surface area (Å²) in [6, 6.07) is 6.23. The number of carboxylic acids is 1. The van der Waals surface area contributed by atoms with Crippen molar-refractivity contribution in [3.63, 3.8) is 0 Å². The third kappa shape index (κ3) is 2.18. The van der Waals surface area contributed by atoms with Crippen LogP contribution in [0.25, 0.3) is 0 Å². The summed E-state index contributed by atoms with van der Waals surface area (Å²) in [4.78, 5) is 12.9. The summed E-state index contributed by atoms with van der Waals surface area (Å²) in [5, 5.41) is 8.73. The second-order valence-electron chi connectivity index (χ2n) is 4.34. The third-order valence-corrected chi connectivity index (χ3v) is 3.13. The lowest BCUT2D eigenvalue weighted by Crippen LogP contribution is -2.26. The maximum atomic E-state index is 10.6. The molecule has 0 spiro atoms. The third-order valence-electron chi connectivity index (χ3n) is 3.13. The van der Waals surface area contributed by atoms with E-state index in [1.54, 1.807) is 0 Å². The van der Waals surface area contributed by atoms with Crippen LogP contribution in [0.5, 0.6) is 0 Å². The number of hydrogen-bond donors (Lipinski definition) is 1. The Morgan fingerprint density at radius 3 is 3.06 bits per heavy atom. The van der Waals surface area contributed by atoms with Gasteiger partial charge in [0.15, 0.2) is 0 Å². The van der Waals surface area contributed by atoms with Crippen LogP contribution in [0.3, 0.4) is 0 Å². The Morgan fingerprint density at radius 1 is 1.50 bits per heavy atom. The van der Waals surface area contributed by atoms with Crippen molar-refractivity contribution in [3.05, 3.63) is 29.3 Å². The van der Waals surface area contributed by atoms with Gasteiger partial charge in [0.25, 0.3) is 0 Å². The first-order chi connectivity index (χ1) is 7.68. The maximum Gasteiger partial charge on any atom is 0.303 e. The van der Waals surface area contributed by atoms with Crippen molar-refractivity contribution in [2.75, 3.05) is 18.5 Å². The molecule has 3 nitrogen and oxygen atoms in total. The maximum absolute atomic E-state index is 10.6. The van der Waals surface area contributed by atoms with Crippen LogP contribution in [-0.2, 0) is 17.6 Å². The van der Waals surface area contributed by atoms with Crippen LogP contribution in [0, 0.1) is 0 Å². The molecular weight excluding hydrogens is 202 g/mol. The number of nitrogens with zero attached hydrogens (tertiary/aromatic N) is 1. The zero-order valence-corrected chi connectivity index (χ0v) is 9.57. The second-order valence-corrected chi connectivity index (χ2v) is 4.34. The average Bonchev–Trinajstić information content (AvgIpc) is 2.26. The summed E-state index contributed by atoms with van der Waals surface area (Å²) >= 11 is 0. The summed E-state index contributed by atoms with van der Waals surface area (Å²) in [7, 11) is 2.09. The van der Waals surface area contributed by atoms with E-state index >= 15 is 0 Å². The molecule has 0 amide bonds. The summed E-state index contributed by atoms with van der Waals surface area (Å²) in [5.74, 6) is -0.726. The molecule has 0 atom stereocenters. The van der Waals surface area contributed by atoms with E-state index in [1.165, 1.54) is 23.2 Å². The van der Waals surface area contributed by atoms with Gasteiger partial charge in [0.2, 0.25) is 0 Å². The molecule has 0 bridgehead atoms. The number of fused-ring (bicyclic) bond motifs is 1. The number of carboxylic acid groups (broad SMARTS) is 1. The standard InChI is InChI=1S/C13H17NO2/c1-14-9-3-6-10-4-2-5-11(13(10)14)7-8-12(15)16/h2,4-5H,3,6-9H2,1H3,(H,15,16). The van der Waals surface area contributed by atoms with Crippen LogP contribution in [-0.4, -0.2) is 24.7 Å². The Balaban J connectivity index is 2.27. The molecule has 1 N–H and O–H groups in total. The van der Waals surface area contributed by atoms with E-state index in [0.29, 0.717) is 6.42 Å². The van der Waals surface area contributed by atoms with Crippen LogP contribution in [0.15, 0.2) is 18.2 Å². The largest absolute Gasteiger partial charge is 0.481 e. The molecule has 3 heteroatoms. The highest BCUT2D eigenvalue weighted by atomic mass is 16.4. The molecule has 1 aliphatic rings. The minimum atomic E-state index is -0.726. The van der Waals surface area contributed by atoms with Crippen LogP contribution >= 0.6 is 0 Å². The zero-order chi connectivity index (χ0) is 11.5. The molecule has 0 aromatic heterocycles. The van der Waals surface area contributed by atoms with E-state index in [0.717, 1.165) is 13.0 Å². The van der Waals surface area contributed by atoms with Gasteiger partial charge in [-0.1, -0.05) is 18.2 Å². The molecule has 2 rings (SSSR count). The lowest BCUT2D eigenvalue weighted by molar-refractivity contribution is -0.136. The molecule has 16 heavy (non-hydrogen) atoms. The van der Waals surface area contributed by atoms with Crippen molar-refractivity contribution in [2.24, 2.45) is 0 Å². The van der Waals surface area contributed by atoms with Gasteiger partial charge < -0.3 is 10.0 Å². The Hall–Kier alpha value is -1.51. The first-order valence-electron chi connectivity index (χ1n) is 5.72. The normalized spacial score (nSPS) is 14.7. The highest BCUT2D eigenvalue weighted by Crippen LogP contribution is 2.30. The van der Waals surface area contributed by atoms with Gasteiger partial charge in [0.1, 0.15) is 0 Å². The van der Waals surface area contributed by atoms with E-state index in [2.05, 4.69) is 18.0 Å². The summed E-state index contributed by atoms with van der Waals surface area (Å²) in [6.07, 6.45) is 3.14. The van der Waals surface area contributed by atoms with E-state index in [1.807, 2.05) is 12.1 Å². The minimum absolute atomic E-state index is 0.213. The summed E-state index contributed by atoms with van der Waals surface area (Å²) < 4.78 is 0. The molecule has 1 aromatic rings. The molecule has 86 valence electrons. The van der Waals surface area contributed by atoms with Crippen molar-refractivity contribution in [3.8, 4) is 0 Å². The number of aryl methyl sites for hydroxylation is 2. The van der Waals surface area contributed by atoms with Gasteiger partial charge in [-0.05, 0) is 30.4 Å². The van der Waals surface area contributed by atoms with Gasteiger partial charge in [-0.15, -0.1) is 0 Å². The van der Waals surface area contributed by atoms with Gasteiger partial charge in [-0.25, -0.2) is 0 Å². The van der Waals surface area contributed by atoms with Crippen LogP contribution in [0.4, 0.5) is 5.69 Å². The molecule has 0 aliphatic carbocycles. The van der Waals surface area contributed by atoms with Crippen molar-refractivity contribution in [2.45, 2.75) is 25.7 Å². The molecular formula is C13H17NO2. The quantitative estimate of drug-likeness (QED) is 0.846. The molecule has 0 fully saturated rings. The van der Waals surface area contributed by atoms with Gasteiger partial charge >= 0.3 is 5.97 Å². The highest BCUT2D eigenvalue weighted by Gasteiger charge is 2.17. The van der Waals surface area contributed by atoms with Crippen molar-refractivity contribution < 1.29 is 9.90 Å². The second kappa shape index (κ2) is 4.56. The molecule has 0 unspecified atom stereocenters. The fourth-order valence-electron chi connectivity index (χ4n) is 2.40. The van der Waals surface area contributed by atoms with Gasteiger partial charge in [0.05, 0.1) is 0 Å². The average molecular weight is 219 g/mol. The van der Waals surface area contributed by atoms with Gasteiger partial charge in [-0.2, -0.15) is 0 Å². The monoisotopic (exact) mass is 219 g/mol. The van der Waals surface area contributed by atoms with Crippen LogP contribution in [0.2, 0.25) is 0 Å². The first-order valence-corrected chi connectivity index (χ1v) is 5.72. The zero-order valence-electron chi connectivity index (χ0n) is 9.57. The molecule has 0 saturated carbocycles. The van der Waals surface area contributed by atoms with E-state index < -0.39 is 5.97 Å². The van der Waals surface area contributed by atoms with E-state index in [4.69, 9.17) is 5.11 Å². The van der Waals surface area contributed by atoms with E-state index in [9.17, 15) is 4.79 Å². The number of rotatable bonds is 3. The minimum Gasteiger partial charge on any atom is -0.481 e. The molecule has 1 aliphatic heterocycles. The molecule has 0 saturated heterocycles. The van der Waals surface area contributed by atoms with Gasteiger partial charge in [-0.3, -0.25) is 4.79 Å². The lowest BCUT2D eigenvalue weighted by atomic mass is 9.96. The predicted octanol–water partition coefficient (Wildman–Crippen LogP) is 2.09. The Kier molecular flexibility index (Phi) is 3.13. The molecule has 0 radical (unpaired) electrons. The number of benzene rings is 1. The Bertz CT molecular complexity index is 401. The summed E-state index contributed by atoms with van der Waals surface area (Å²) in [6.45, 7) is 1.07. The van der Waals surface area contributed by atoms with E-state index in [-0.39, 0.29) is 6.42 Å². The van der Waals surface area contributed by atoms with Crippen molar-refractivity contribution in [1.29, 1.82) is 0 Å². The smallest absolute Gasteiger partial charge is 0.303 e. The SMILES string of the molecule is CN1CCCc2cccc(CCC(=O)O)c21. The molecule has 1 aromatic carbocycles. The number of carbonyl (C=O) groups is 1. The van der Waals surface area contributed by atoms with Crippen molar-refractivity contribution >= 4 is 11.7 Å². The fourth-order valence-corrected chi connectivity index (χ4v) is 2.40. The first kappa shape index (κ1) is 11.0.